The third-order valence-electron chi connectivity index (χ3n) is 1.76. The van der Waals surface area contributed by atoms with Crippen LogP contribution < -0.4 is 11.3 Å². The van der Waals surface area contributed by atoms with E-state index in [1.165, 1.54) is 6.20 Å². The summed E-state index contributed by atoms with van der Waals surface area (Å²) in [4.78, 5) is 8.26. The van der Waals surface area contributed by atoms with Crippen molar-refractivity contribution < 1.29 is 0 Å². The highest BCUT2D eigenvalue weighted by molar-refractivity contribution is 6.30. The van der Waals surface area contributed by atoms with Crippen molar-refractivity contribution in [3.05, 3.63) is 29.3 Å². The number of hydrazine groups is 1. The molecular formula is C8H9ClN6. The van der Waals surface area contributed by atoms with Gasteiger partial charge in [-0.3, -0.25) is 0 Å². The molecule has 78 valence electrons. The molecule has 15 heavy (non-hydrogen) atoms. The lowest BCUT2D eigenvalue weighted by Crippen LogP contribution is -2.11. The van der Waals surface area contributed by atoms with Gasteiger partial charge in [0, 0.05) is 6.07 Å². The zero-order valence-electron chi connectivity index (χ0n) is 7.98. The molecule has 0 fully saturated rings. The van der Waals surface area contributed by atoms with Crippen LogP contribution in [-0.2, 0) is 0 Å². The van der Waals surface area contributed by atoms with Crippen molar-refractivity contribution in [1.29, 1.82) is 0 Å². The Kier molecular flexibility index (Phi) is 2.53. The molecule has 0 saturated heterocycles. The molecule has 0 amide bonds. The van der Waals surface area contributed by atoms with Crippen molar-refractivity contribution in [3.63, 3.8) is 0 Å². The molecule has 0 radical (unpaired) electrons. The van der Waals surface area contributed by atoms with Gasteiger partial charge in [-0.05, 0) is 6.92 Å². The number of nitrogen functional groups attached to an aromatic ring is 1. The van der Waals surface area contributed by atoms with Gasteiger partial charge in [0.1, 0.15) is 11.6 Å². The summed E-state index contributed by atoms with van der Waals surface area (Å²) < 4.78 is 1.55. The van der Waals surface area contributed by atoms with Crippen molar-refractivity contribution >= 4 is 17.4 Å². The van der Waals surface area contributed by atoms with Crippen LogP contribution in [0, 0.1) is 6.92 Å². The molecule has 0 aliphatic heterocycles. The second kappa shape index (κ2) is 3.84. The van der Waals surface area contributed by atoms with Gasteiger partial charge in [0.15, 0.2) is 5.82 Å². The first-order chi connectivity index (χ1) is 7.19. The number of aryl methyl sites for hydroxylation is 1. The highest BCUT2D eigenvalue weighted by Gasteiger charge is 2.04. The summed E-state index contributed by atoms with van der Waals surface area (Å²) in [5, 5.41) is 4.58. The number of rotatable bonds is 2. The van der Waals surface area contributed by atoms with Crippen LogP contribution in [-0.4, -0.2) is 19.7 Å². The smallest absolute Gasteiger partial charge is 0.159 e. The number of nitrogens with zero attached hydrogens (tertiary/aromatic N) is 4. The van der Waals surface area contributed by atoms with Gasteiger partial charge in [-0.1, -0.05) is 11.6 Å². The summed E-state index contributed by atoms with van der Waals surface area (Å²) in [5.41, 5.74) is 2.46. The van der Waals surface area contributed by atoms with Gasteiger partial charge in [0.05, 0.1) is 17.4 Å². The Morgan fingerprint density at radius 1 is 1.47 bits per heavy atom. The molecule has 2 heterocycles. The lowest BCUT2D eigenvalue weighted by molar-refractivity contribution is 0.828. The van der Waals surface area contributed by atoms with Crippen LogP contribution in [0.1, 0.15) is 5.82 Å². The van der Waals surface area contributed by atoms with Gasteiger partial charge < -0.3 is 5.43 Å². The third-order valence-corrected chi connectivity index (χ3v) is 1.95. The van der Waals surface area contributed by atoms with Crippen molar-refractivity contribution in [2.24, 2.45) is 5.84 Å². The van der Waals surface area contributed by atoms with Crippen LogP contribution in [0.5, 0.6) is 0 Å². The molecule has 0 aliphatic carbocycles. The van der Waals surface area contributed by atoms with E-state index in [9.17, 15) is 0 Å². The summed E-state index contributed by atoms with van der Waals surface area (Å²) >= 11 is 5.76. The topological polar surface area (TPSA) is 81.6 Å². The Hall–Kier alpha value is -1.66. The van der Waals surface area contributed by atoms with Gasteiger partial charge in [-0.15, -0.1) is 0 Å². The lowest BCUT2D eigenvalue weighted by Gasteiger charge is -2.04. The molecule has 7 heteroatoms. The molecule has 0 unspecified atom stereocenters. The van der Waals surface area contributed by atoms with E-state index in [1.807, 2.05) is 0 Å². The Bertz CT molecular complexity index is 480. The minimum Gasteiger partial charge on any atom is -0.308 e. The van der Waals surface area contributed by atoms with E-state index in [2.05, 4.69) is 20.5 Å². The fourth-order valence-electron chi connectivity index (χ4n) is 1.17. The highest BCUT2D eigenvalue weighted by Crippen LogP contribution is 2.12. The maximum absolute atomic E-state index is 5.76. The molecule has 3 N–H and O–H groups in total. The monoisotopic (exact) mass is 224 g/mol. The Morgan fingerprint density at radius 3 is 2.87 bits per heavy atom. The minimum atomic E-state index is 0.532. The number of aromatic nitrogens is 4. The number of nitrogens with two attached hydrogens (primary N) is 1. The number of hydrogen-bond acceptors (Lipinski definition) is 5. The lowest BCUT2D eigenvalue weighted by atomic mass is 10.5. The predicted octanol–water partition coefficient (Wildman–Crippen LogP) is 0.910. The quantitative estimate of drug-likeness (QED) is 0.585. The van der Waals surface area contributed by atoms with Gasteiger partial charge >= 0.3 is 0 Å². The van der Waals surface area contributed by atoms with Crippen molar-refractivity contribution in [3.8, 4) is 5.82 Å². The summed E-state index contributed by atoms with van der Waals surface area (Å²) in [7, 11) is 0. The first-order valence-corrected chi connectivity index (χ1v) is 4.59. The molecule has 0 aliphatic rings. The zero-order valence-corrected chi connectivity index (χ0v) is 8.73. The van der Waals surface area contributed by atoms with Crippen LogP contribution in [0.25, 0.3) is 5.82 Å². The van der Waals surface area contributed by atoms with Crippen LogP contribution >= 0.6 is 11.6 Å². The Labute approximate surface area is 91.1 Å². The molecule has 2 rings (SSSR count). The Balaban J connectivity index is 2.48. The molecule has 2 aromatic rings. The molecule has 0 spiro atoms. The van der Waals surface area contributed by atoms with Gasteiger partial charge in [-0.25, -0.2) is 20.5 Å². The van der Waals surface area contributed by atoms with E-state index >= 15 is 0 Å². The molecule has 0 aromatic carbocycles. The number of anilines is 1. The maximum atomic E-state index is 5.76. The SMILES string of the molecule is Cc1nc(NN)cc(-n2cc(Cl)cn2)n1. The second-order valence-corrected chi connectivity index (χ2v) is 3.34. The first-order valence-electron chi connectivity index (χ1n) is 4.22. The Morgan fingerprint density at radius 2 is 2.27 bits per heavy atom. The standard InChI is InChI=1S/C8H9ClN6/c1-5-12-7(14-10)2-8(13-5)15-4-6(9)3-11-15/h2-4H,10H2,1H3,(H,12,13,14). The molecule has 0 atom stereocenters. The van der Waals surface area contributed by atoms with E-state index in [1.54, 1.807) is 23.9 Å². The van der Waals surface area contributed by atoms with E-state index in [0.717, 1.165) is 0 Å². The molecule has 6 nitrogen and oxygen atoms in total. The third kappa shape index (κ3) is 2.05. The summed E-state index contributed by atoms with van der Waals surface area (Å²) in [6.07, 6.45) is 3.19. The molecule has 0 bridgehead atoms. The van der Waals surface area contributed by atoms with Crippen LogP contribution in [0.2, 0.25) is 5.02 Å². The fourth-order valence-corrected chi connectivity index (χ4v) is 1.31. The van der Waals surface area contributed by atoms with Crippen molar-refractivity contribution in [1.82, 2.24) is 19.7 Å². The minimum absolute atomic E-state index is 0.532. The van der Waals surface area contributed by atoms with Crippen molar-refractivity contribution in [2.45, 2.75) is 6.92 Å². The maximum Gasteiger partial charge on any atom is 0.159 e. The molecular weight excluding hydrogens is 216 g/mol. The van der Waals surface area contributed by atoms with Crippen LogP contribution in [0.15, 0.2) is 18.5 Å². The fraction of sp³-hybridized carbons (Fsp3) is 0.125. The molecule has 2 aromatic heterocycles. The zero-order chi connectivity index (χ0) is 10.8. The van der Waals surface area contributed by atoms with E-state index in [-0.39, 0.29) is 0 Å². The summed E-state index contributed by atoms with van der Waals surface area (Å²) in [6, 6.07) is 1.68. The summed E-state index contributed by atoms with van der Waals surface area (Å²) in [5.74, 6) is 7.02. The van der Waals surface area contributed by atoms with E-state index in [0.29, 0.717) is 22.5 Å². The number of hydrogen-bond donors (Lipinski definition) is 2. The van der Waals surface area contributed by atoms with Crippen LogP contribution in [0.4, 0.5) is 5.82 Å². The number of nitrogens with one attached hydrogen (secondary N) is 1. The summed E-state index contributed by atoms with van der Waals surface area (Å²) in [6.45, 7) is 1.77. The average molecular weight is 225 g/mol. The predicted molar refractivity (Wildman–Crippen MR) is 56.7 cm³/mol. The normalized spacial score (nSPS) is 10.3. The second-order valence-electron chi connectivity index (χ2n) is 2.91. The number of halogens is 1. The van der Waals surface area contributed by atoms with Crippen LogP contribution in [0.3, 0.4) is 0 Å². The van der Waals surface area contributed by atoms with Crippen molar-refractivity contribution in [2.75, 3.05) is 5.43 Å². The van der Waals surface area contributed by atoms with Gasteiger partial charge in [0.2, 0.25) is 0 Å². The van der Waals surface area contributed by atoms with Gasteiger partial charge in [-0.2, -0.15) is 5.10 Å². The highest BCUT2D eigenvalue weighted by atomic mass is 35.5. The largest absolute Gasteiger partial charge is 0.308 e. The van der Waals surface area contributed by atoms with E-state index < -0.39 is 0 Å². The molecule has 0 saturated carbocycles. The average Bonchev–Trinajstić information content (AvgIpc) is 2.64. The van der Waals surface area contributed by atoms with E-state index in [4.69, 9.17) is 17.4 Å². The van der Waals surface area contributed by atoms with Gasteiger partial charge in [0.25, 0.3) is 0 Å². The first kappa shape index (κ1) is 9.88.